The molecule has 0 saturated heterocycles. The molecule has 5 nitrogen and oxygen atoms in total. The van der Waals surface area contributed by atoms with E-state index in [1.54, 1.807) is 31.4 Å². The van der Waals surface area contributed by atoms with E-state index in [2.05, 4.69) is 5.32 Å². The van der Waals surface area contributed by atoms with Crippen molar-refractivity contribution in [3.63, 3.8) is 0 Å². The molecule has 0 heterocycles. The van der Waals surface area contributed by atoms with Gasteiger partial charge in [-0.15, -0.1) is 0 Å². The molecule has 2 saturated carbocycles. The lowest BCUT2D eigenvalue weighted by molar-refractivity contribution is -0.148. The van der Waals surface area contributed by atoms with Crippen LogP contribution in [-0.4, -0.2) is 25.6 Å². The summed E-state index contributed by atoms with van der Waals surface area (Å²) in [5.41, 5.74) is 0.624. The third kappa shape index (κ3) is 4.03. The van der Waals surface area contributed by atoms with E-state index in [1.165, 1.54) is 19.3 Å². The molecule has 2 fully saturated rings. The topological polar surface area (TPSA) is 64.6 Å². The van der Waals surface area contributed by atoms with Crippen molar-refractivity contribution in [3.8, 4) is 5.75 Å². The number of carbonyl (C=O) groups excluding carboxylic acids is 2. The molecule has 3 rings (SSSR count). The Morgan fingerprint density at radius 1 is 1.26 bits per heavy atom. The SMILES string of the molecule is COc1cccc(NC(=O)COC(=O)C[C@H]2C[C@H]3CC[C@@H]2C3)c1. The van der Waals surface area contributed by atoms with Crippen molar-refractivity contribution in [1.82, 2.24) is 0 Å². The highest BCUT2D eigenvalue weighted by Gasteiger charge is 2.40. The van der Waals surface area contributed by atoms with E-state index in [0.29, 0.717) is 29.7 Å². The Balaban J connectivity index is 1.40. The molecule has 0 aromatic heterocycles. The lowest BCUT2D eigenvalue weighted by Gasteiger charge is -2.20. The van der Waals surface area contributed by atoms with Gasteiger partial charge in [0.15, 0.2) is 6.61 Å². The first-order valence-electron chi connectivity index (χ1n) is 8.23. The second kappa shape index (κ2) is 7.02. The molecule has 0 aliphatic heterocycles. The van der Waals surface area contributed by atoms with Crippen LogP contribution in [-0.2, 0) is 14.3 Å². The summed E-state index contributed by atoms with van der Waals surface area (Å²) in [6.07, 6.45) is 5.44. The molecule has 1 aromatic rings. The third-order valence-electron chi connectivity index (χ3n) is 5.03. The van der Waals surface area contributed by atoms with Crippen molar-refractivity contribution in [3.05, 3.63) is 24.3 Å². The maximum Gasteiger partial charge on any atom is 0.306 e. The summed E-state index contributed by atoms with van der Waals surface area (Å²) < 4.78 is 10.2. The molecule has 0 unspecified atom stereocenters. The van der Waals surface area contributed by atoms with Gasteiger partial charge in [-0.3, -0.25) is 9.59 Å². The summed E-state index contributed by atoms with van der Waals surface area (Å²) in [6, 6.07) is 7.06. The minimum atomic E-state index is -0.334. The molecule has 5 heteroatoms. The number of methoxy groups -OCH3 is 1. The number of carbonyl (C=O) groups is 2. The Morgan fingerprint density at radius 3 is 2.83 bits per heavy atom. The first-order valence-corrected chi connectivity index (χ1v) is 8.23. The van der Waals surface area contributed by atoms with Gasteiger partial charge in [0.1, 0.15) is 5.75 Å². The van der Waals surface area contributed by atoms with Gasteiger partial charge in [-0.05, 0) is 49.1 Å². The molecule has 23 heavy (non-hydrogen) atoms. The number of nitrogens with one attached hydrogen (secondary N) is 1. The van der Waals surface area contributed by atoms with Crippen LogP contribution in [0.25, 0.3) is 0 Å². The van der Waals surface area contributed by atoms with Gasteiger partial charge in [0, 0.05) is 18.2 Å². The Labute approximate surface area is 136 Å². The summed E-state index contributed by atoms with van der Waals surface area (Å²) in [5.74, 6) is 2.04. The first-order chi connectivity index (χ1) is 11.1. The zero-order valence-electron chi connectivity index (χ0n) is 13.4. The molecule has 3 atom stereocenters. The van der Waals surface area contributed by atoms with E-state index in [1.807, 2.05) is 0 Å². The summed E-state index contributed by atoms with van der Waals surface area (Å²) in [4.78, 5) is 23.8. The van der Waals surface area contributed by atoms with Crippen LogP contribution >= 0.6 is 0 Å². The highest BCUT2D eigenvalue weighted by Crippen LogP contribution is 2.49. The van der Waals surface area contributed by atoms with Crippen LogP contribution in [0.4, 0.5) is 5.69 Å². The van der Waals surface area contributed by atoms with Crippen molar-refractivity contribution in [2.24, 2.45) is 17.8 Å². The van der Waals surface area contributed by atoms with E-state index >= 15 is 0 Å². The number of fused-ring (bicyclic) bond motifs is 2. The standard InChI is InChI=1S/C18H23NO4/c1-22-16-4-2-3-15(10-16)19-17(20)11-23-18(21)9-14-8-12-5-6-13(14)7-12/h2-4,10,12-14H,5-9,11H2,1H3,(H,19,20)/t12-,13+,14+/m0/s1. The maximum atomic E-state index is 11.9. The lowest BCUT2D eigenvalue weighted by Crippen LogP contribution is -2.23. The van der Waals surface area contributed by atoms with Crippen LogP contribution < -0.4 is 10.1 Å². The summed E-state index contributed by atoms with van der Waals surface area (Å²) in [7, 11) is 1.57. The predicted molar refractivity (Wildman–Crippen MR) is 86.1 cm³/mol. The Bertz CT molecular complexity index is 586. The quantitative estimate of drug-likeness (QED) is 0.819. The number of hydrogen-bond acceptors (Lipinski definition) is 4. The summed E-state index contributed by atoms with van der Waals surface area (Å²) in [6.45, 7) is -0.239. The molecular formula is C18H23NO4. The summed E-state index contributed by atoms with van der Waals surface area (Å²) in [5, 5.41) is 2.70. The Kier molecular flexibility index (Phi) is 4.84. The van der Waals surface area contributed by atoms with E-state index in [-0.39, 0.29) is 18.5 Å². The van der Waals surface area contributed by atoms with Crippen molar-refractivity contribution < 1.29 is 19.1 Å². The second-order valence-electron chi connectivity index (χ2n) is 6.58. The number of anilines is 1. The van der Waals surface area contributed by atoms with Crippen LogP contribution in [0.1, 0.15) is 32.1 Å². The average molecular weight is 317 g/mol. The Morgan fingerprint density at radius 2 is 2.13 bits per heavy atom. The molecule has 1 amide bonds. The molecule has 0 radical (unpaired) electrons. The normalized spacial score (nSPS) is 25.2. The number of hydrogen-bond donors (Lipinski definition) is 1. The second-order valence-corrected chi connectivity index (χ2v) is 6.58. The van der Waals surface area contributed by atoms with E-state index in [4.69, 9.17) is 9.47 Å². The number of benzene rings is 1. The highest BCUT2D eigenvalue weighted by molar-refractivity contribution is 5.92. The van der Waals surface area contributed by atoms with Crippen LogP contribution in [0.3, 0.4) is 0 Å². The third-order valence-corrected chi connectivity index (χ3v) is 5.03. The fraction of sp³-hybridized carbons (Fsp3) is 0.556. The molecule has 1 N–H and O–H groups in total. The highest BCUT2D eigenvalue weighted by atomic mass is 16.5. The van der Waals surface area contributed by atoms with Gasteiger partial charge in [-0.25, -0.2) is 0 Å². The fourth-order valence-electron chi connectivity index (χ4n) is 3.94. The minimum Gasteiger partial charge on any atom is -0.497 e. The monoisotopic (exact) mass is 317 g/mol. The van der Waals surface area contributed by atoms with Crippen molar-refractivity contribution >= 4 is 17.6 Å². The smallest absolute Gasteiger partial charge is 0.306 e. The van der Waals surface area contributed by atoms with Gasteiger partial charge >= 0.3 is 5.97 Å². The van der Waals surface area contributed by atoms with Gasteiger partial charge in [0.25, 0.3) is 5.91 Å². The zero-order valence-corrected chi connectivity index (χ0v) is 13.4. The van der Waals surface area contributed by atoms with Gasteiger partial charge < -0.3 is 14.8 Å². The minimum absolute atomic E-state index is 0.239. The average Bonchev–Trinajstić information content (AvgIpc) is 3.16. The zero-order chi connectivity index (χ0) is 16.2. The predicted octanol–water partition coefficient (Wildman–Crippen LogP) is 3.00. The maximum absolute atomic E-state index is 11.9. The van der Waals surface area contributed by atoms with Gasteiger partial charge in [0.2, 0.25) is 0 Å². The Hall–Kier alpha value is -2.04. The molecule has 2 aliphatic rings. The number of rotatable bonds is 6. The van der Waals surface area contributed by atoms with E-state index in [9.17, 15) is 9.59 Å². The van der Waals surface area contributed by atoms with Gasteiger partial charge in [-0.1, -0.05) is 12.5 Å². The number of amides is 1. The molecule has 2 aliphatic carbocycles. The van der Waals surface area contributed by atoms with Gasteiger partial charge in [-0.2, -0.15) is 0 Å². The lowest BCUT2D eigenvalue weighted by atomic mass is 9.86. The van der Waals surface area contributed by atoms with Crippen molar-refractivity contribution in [1.29, 1.82) is 0 Å². The van der Waals surface area contributed by atoms with Gasteiger partial charge in [0.05, 0.1) is 7.11 Å². The van der Waals surface area contributed by atoms with Crippen molar-refractivity contribution in [2.75, 3.05) is 19.0 Å². The van der Waals surface area contributed by atoms with Crippen LogP contribution in [0.15, 0.2) is 24.3 Å². The molecule has 124 valence electrons. The fourth-order valence-corrected chi connectivity index (χ4v) is 3.94. The molecule has 2 bridgehead atoms. The molecular weight excluding hydrogens is 294 g/mol. The van der Waals surface area contributed by atoms with Crippen molar-refractivity contribution in [2.45, 2.75) is 32.1 Å². The van der Waals surface area contributed by atoms with Crippen LogP contribution in [0.5, 0.6) is 5.75 Å². The van der Waals surface area contributed by atoms with E-state index in [0.717, 1.165) is 12.3 Å². The van der Waals surface area contributed by atoms with Crippen LogP contribution in [0.2, 0.25) is 0 Å². The van der Waals surface area contributed by atoms with Crippen LogP contribution in [0, 0.1) is 17.8 Å². The molecule has 0 spiro atoms. The largest absolute Gasteiger partial charge is 0.497 e. The number of ether oxygens (including phenoxy) is 2. The summed E-state index contributed by atoms with van der Waals surface area (Å²) >= 11 is 0. The molecule has 1 aromatic carbocycles. The van der Waals surface area contributed by atoms with E-state index < -0.39 is 0 Å². The number of esters is 1. The first kappa shape index (κ1) is 15.8.